The van der Waals surface area contributed by atoms with E-state index in [1.165, 1.54) is 0 Å². The summed E-state index contributed by atoms with van der Waals surface area (Å²) in [6.07, 6.45) is 1.43. The number of carbonyl (C=O) groups is 1. The molecule has 0 N–H and O–H groups in total. The molecular weight excluding hydrogens is 546 g/mol. The third-order valence-corrected chi connectivity index (χ3v) is 7.94. The van der Waals surface area contributed by atoms with Crippen LogP contribution in [0.5, 0.6) is 23.0 Å². The number of ether oxygens (including phenoxy) is 4. The number of benzene rings is 3. The lowest BCUT2D eigenvalue weighted by Gasteiger charge is -2.26. The van der Waals surface area contributed by atoms with E-state index in [4.69, 9.17) is 23.4 Å². The van der Waals surface area contributed by atoms with Crippen LogP contribution < -0.4 is 24.4 Å². The molecule has 0 spiro atoms. The largest absolute Gasteiger partial charge is 0.493 e. The highest BCUT2D eigenvalue weighted by Crippen LogP contribution is 2.41. The van der Waals surface area contributed by atoms with Gasteiger partial charge in [0.2, 0.25) is 5.76 Å². The van der Waals surface area contributed by atoms with Crippen LogP contribution in [-0.2, 0) is 6.42 Å². The van der Waals surface area contributed by atoms with E-state index in [0.717, 1.165) is 28.7 Å². The van der Waals surface area contributed by atoms with E-state index >= 15 is 0 Å². The molecule has 1 aliphatic rings. The second-order valence-electron chi connectivity index (χ2n) is 11.4. The molecule has 0 saturated carbocycles. The highest BCUT2D eigenvalue weighted by atomic mass is 16.5. The van der Waals surface area contributed by atoms with Gasteiger partial charge in [0.25, 0.3) is 5.91 Å². The Hall–Kier alpha value is -4.46. The third-order valence-electron chi connectivity index (χ3n) is 7.94. The first-order chi connectivity index (χ1) is 20.7. The molecule has 0 aliphatic carbocycles. The monoisotopic (exact) mass is 585 g/mol. The van der Waals surface area contributed by atoms with Crippen molar-refractivity contribution >= 4 is 16.9 Å². The van der Waals surface area contributed by atoms with Crippen LogP contribution in [0.4, 0.5) is 0 Å². The molecule has 1 aromatic heterocycles. The number of fused-ring (bicyclic) bond motifs is 2. The zero-order valence-corrected chi connectivity index (χ0v) is 25.9. The minimum absolute atomic E-state index is 0.0815. The first-order valence-corrected chi connectivity index (χ1v) is 14.6. The van der Waals surface area contributed by atoms with E-state index in [1.54, 1.807) is 26.2 Å². The van der Waals surface area contributed by atoms with Gasteiger partial charge in [-0.05, 0) is 85.2 Å². The lowest BCUT2D eigenvalue weighted by molar-refractivity contribution is 0.0730. The Labute approximate surface area is 252 Å². The van der Waals surface area contributed by atoms with E-state index in [1.807, 2.05) is 62.4 Å². The van der Waals surface area contributed by atoms with E-state index in [-0.39, 0.29) is 17.1 Å². The molecule has 2 heterocycles. The van der Waals surface area contributed by atoms with Crippen LogP contribution in [0.15, 0.2) is 57.7 Å². The Balaban J connectivity index is 1.59. The van der Waals surface area contributed by atoms with Gasteiger partial charge in [0.05, 0.1) is 44.9 Å². The number of nitrogens with zero attached hydrogens (tertiary/aromatic N) is 1. The van der Waals surface area contributed by atoms with E-state index in [2.05, 4.69) is 13.8 Å². The van der Waals surface area contributed by atoms with Crippen molar-refractivity contribution in [2.45, 2.75) is 46.6 Å². The quantitative estimate of drug-likeness (QED) is 0.195. The van der Waals surface area contributed by atoms with Crippen LogP contribution in [-0.4, -0.2) is 45.3 Å². The molecule has 0 bridgehead atoms. The predicted molar refractivity (Wildman–Crippen MR) is 166 cm³/mol. The number of methoxy groups -OCH3 is 3. The number of rotatable bonds is 11. The number of amides is 1. The molecule has 3 aromatic carbocycles. The van der Waals surface area contributed by atoms with Crippen LogP contribution in [0.3, 0.4) is 0 Å². The summed E-state index contributed by atoms with van der Waals surface area (Å²) in [7, 11) is 4.77. The molecule has 0 fully saturated rings. The molecule has 1 aliphatic heterocycles. The molecule has 8 nitrogen and oxygen atoms in total. The SMILES string of the molecule is COc1ccc(CCN2C(=O)c3oc4c(C)cc(C)cc4c(=O)c3C2c2ccc(OCCC(C)C)c(OC)c2)cc1OC. The second-order valence-corrected chi connectivity index (χ2v) is 11.4. The van der Waals surface area contributed by atoms with Crippen LogP contribution in [0.2, 0.25) is 0 Å². The summed E-state index contributed by atoms with van der Waals surface area (Å²) in [5.41, 5.74) is 4.04. The number of hydrogen-bond donors (Lipinski definition) is 0. The van der Waals surface area contributed by atoms with Crippen molar-refractivity contribution in [2.75, 3.05) is 34.5 Å². The summed E-state index contributed by atoms with van der Waals surface area (Å²) >= 11 is 0. The van der Waals surface area contributed by atoms with Gasteiger partial charge in [-0.25, -0.2) is 0 Å². The van der Waals surface area contributed by atoms with Gasteiger partial charge in [-0.2, -0.15) is 0 Å². The van der Waals surface area contributed by atoms with Crippen LogP contribution >= 0.6 is 0 Å². The first kappa shape index (κ1) is 30.0. The molecule has 1 atom stereocenters. The van der Waals surface area contributed by atoms with Crippen LogP contribution in [0.1, 0.15) is 64.7 Å². The summed E-state index contributed by atoms with van der Waals surface area (Å²) in [6, 6.07) is 14.4. The van der Waals surface area contributed by atoms with E-state index in [0.29, 0.717) is 65.0 Å². The van der Waals surface area contributed by atoms with E-state index in [9.17, 15) is 9.59 Å². The van der Waals surface area contributed by atoms with Crippen molar-refractivity contribution in [3.05, 3.63) is 92.3 Å². The first-order valence-electron chi connectivity index (χ1n) is 14.6. The van der Waals surface area contributed by atoms with Gasteiger partial charge in [-0.1, -0.05) is 32.0 Å². The van der Waals surface area contributed by atoms with Crippen molar-refractivity contribution in [3.63, 3.8) is 0 Å². The Bertz CT molecular complexity index is 1720. The minimum Gasteiger partial charge on any atom is -0.493 e. The molecule has 1 amide bonds. The third kappa shape index (κ3) is 5.78. The fourth-order valence-electron chi connectivity index (χ4n) is 5.72. The van der Waals surface area contributed by atoms with Crippen molar-refractivity contribution < 1.29 is 28.2 Å². The maximum atomic E-state index is 14.1. The van der Waals surface area contributed by atoms with Crippen molar-refractivity contribution in [1.29, 1.82) is 0 Å². The number of hydrogen-bond acceptors (Lipinski definition) is 7. The van der Waals surface area contributed by atoms with Gasteiger partial charge in [0.1, 0.15) is 5.58 Å². The summed E-state index contributed by atoms with van der Waals surface area (Å²) < 4.78 is 28.8. The lowest BCUT2D eigenvalue weighted by atomic mass is 9.96. The molecule has 226 valence electrons. The highest BCUT2D eigenvalue weighted by Gasteiger charge is 2.43. The normalized spacial score (nSPS) is 14.4. The smallest absolute Gasteiger partial charge is 0.290 e. The molecule has 4 aromatic rings. The summed E-state index contributed by atoms with van der Waals surface area (Å²) in [5, 5.41) is 0.469. The van der Waals surface area contributed by atoms with Gasteiger partial charge in [0, 0.05) is 6.54 Å². The maximum absolute atomic E-state index is 14.1. The Kier molecular flexibility index (Phi) is 8.67. The van der Waals surface area contributed by atoms with E-state index < -0.39 is 6.04 Å². The minimum atomic E-state index is -0.664. The zero-order valence-electron chi connectivity index (χ0n) is 25.9. The zero-order chi connectivity index (χ0) is 30.8. The molecule has 8 heteroatoms. The molecule has 43 heavy (non-hydrogen) atoms. The molecular formula is C35H39NO7. The number of carbonyl (C=O) groups excluding carboxylic acids is 1. The fourth-order valence-corrected chi connectivity index (χ4v) is 5.72. The fraction of sp³-hybridized carbons (Fsp3) is 0.371. The Morgan fingerprint density at radius 2 is 1.56 bits per heavy atom. The average molecular weight is 586 g/mol. The van der Waals surface area contributed by atoms with Crippen LogP contribution in [0.25, 0.3) is 11.0 Å². The molecule has 1 unspecified atom stereocenters. The van der Waals surface area contributed by atoms with Gasteiger partial charge in [-0.3, -0.25) is 9.59 Å². The Morgan fingerprint density at radius 3 is 2.26 bits per heavy atom. The lowest BCUT2D eigenvalue weighted by Crippen LogP contribution is -2.31. The average Bonchev–Trinajstić information content (AvgIpc) is 3.27. The van der Waals surface area contributed by atoms with Crippen molar-refractivity contribution in [1.82, 2.24) is 4.90 Å². The summed E-state index contributed by atoms with van der Waals surface area (Å²) in [4.78, 5) is 29.9. The molecule has 5 rings (SSSR count). The Morgan fingerprint density at radius 1 is 0.860 bits per heavy atom. The summed E-state index contributed by atoms with van der Waals surface area (Å²) in [5.74, 6) is 2.66. The summed E-state index contributed by atoms with van der Waals surface area (Å²) in [6.45, 7) is 9.02. The topological polar surface area (TPSA) is 87.4 Å². The van der Waals surface area contributed by atoms with Gasteiger partial charge in [0.15, 0.2) is 28.4 Å². The maximum Gasteiger partial charge on any atom is 0.290 e. The van der Waals surface area contributed by atoms with Gasteiger partial charge < -0.3 is 28.3 Å². The van der Waals surface area contributed by atoms with Crippen molar-refractivity contribution in [2.24, 2.45) is 5.92 Å². The molecule has 0 radical (unpaired) electrons. The molecule has 0 saturated heterocycles. The van der Waals surface area contributed by atoms with Gasteiger partial charge in [-0.15, -0.1) is 0 Å². The van der Waals surface area contributed by atoms with Crippen molar-refractivity contribution in [3.8, 4) is 23.0 Å². The van der Waals surface area contributed by atoms with Gasteiger partial charge >= 0.3 is 0 Å². The van der Waals surface area contributed by atoms with Crippen LogP contribution in [0, 0.1) is 19.8 Å². The second kappa shape index (κ2) is 12.4. The predicted octanol–water partition coefficient (Wildman–Crippen LogP) is 6.65. The number of aryl methyl sites for hydroxylation is 2. The standard InChI is InChI=1S/C35H39NO7/c1-20(2)13-15-42-27-11-9-24(19-29(27)41-7)31-30-32(37)25-17-21(3)16-22(4)33(25)43-34(30)35(38)36(31)14-12-23-8-10-26(39-5)28(18-23)40-6/h8-11,16-20,31H,12-15H2,1-7H3. The highest BCUT2D eigenvalue weighted by molar-refractivity contribution is 5.99.